The van der Waals surface area contributed by atoms with E-state index in [0.717, 1.165) is 36.5 Å². The van der Waals surface area contributed by atoms with Gasteiger partial charge in [-0.15, -0.1) is 0 Å². The Kier molecular flexibility index (Phi) is 6.29. The van der Waals surface area contributed by atoms with E-state index in [-0.39, 0.29) is 12.5 Å². The number of nitrogens with zero attached hydrogens (tertiary/aromatic N) is 3. The summed E-state index contributed by atoms with van der Waals surface area (Å²) in [6.45, 7) is 6.71. The van der Waals surface area contributed by atoms with Crippen molar-refractivity contribution in [1.29, 1.82) is 0 Å². The van der Waals surface area contributed by atoms with Crippen LogP contribution in [0.15, 0.2) is 24.3 Å². The Balaban J connectivity index is 1.82. The summed E-state index contributed by atoms with van der Waals surface area (Å²) in [4.78, 5) is 14.9. The van der Waals surface area contributed by atoms with Crippen molar-refractivity contribution in [1.82, 2.24) is 20.0 Å². The summed E-state index contributed by atoms with van der Waals surface area (Å²) in [5.74, 6) is 0.415. The van der Waals surface area contributed by atoms with Crippen molar-refractivity contribution in [3.8, 4) is 0 Å². The van der Waals surface area contributed by atoms with Crippen molar-refractivity contribution in [3.05, 3.63) is 52.3 Å². The van der Waals surface area contributed by atoms with Gasteiger partial charge in [-0.05, 0) is 56.8 Å². The number of piperidine rings is 1. The molecule has 146 valence electrons. The highest BCUT2D eigenvalue weighted by Gasteiger charge is 2.21. The maximum atomic E-state index is 13.2. The van der Waals surface area contributed by atoms with E-state index >= 15 is 0 Å². The van der Waals surface area contributed by atoms with Crippen LogP contribution in [-0.4, -0.2) is 51.9 Å². The van der Waals surface area contributed by atoms with Crippen LogP contribution < -0.4 is 5.32 Å². The van der Waals surface area contributed by atoms with Crippen LogP contribution in [0, 0.1) is 13.8 Å². The minimum atomic E-state index is -0.0592. The lowest BCUT2D eigenvalue weighted by Gasteiger charge is -2.25. The molecule has 6 nitrogen and oxygen atoms in total. The number of carbonyl (C=O) groups excluding carboxylic acids is 1. The third-order valence-electron chi connectivity index (χ3n) is 5.57. The van der Waals surface area contributed by atoms with E-state index in [1.807, 2.05) is 43.8 Å². The molecule has 1 aliphatic rings. The second-order valence-corrected chi connectivity index (χ2v) is 7.39. The zero-order chi connectivity index (χ0) is 19.4. The average molecular weight is 370 g/mol. The molecule has 0 unspecified atom stereocenters. The Bertz CT molecular complexity index is 793. The first-order chi connectivity index (χ1) is 13.0. The van der Waals surface area contributed by atoms with Crippen LogP contribution in [0.2, 0.25) is 0 Å². The largest absolute Gasteiger partial charge is 0.395 e. The van der Waals surface area contributed by atoms with Crippen molar-refractivity contribution in [2.45, 2.75) is 39.2 Å². The van der Waals surface area contributed by atoms with Crippen molar-refractivity contribution < 1.29 is 9.90 Å². The predicted octanol–water partition coefficient (Wildman–Crippen LogP) is 2.14. The van der Waals surface area contributed by atoms with Gasteiger partial charge in [0.25, 0.3) is 5.91 Å². The molecule has 0 spiro atoms. The number of aliphatic hydroxyl groups excluding tert-OH is 1. The molecule has 6 heteroatoms. The zero-order valence-electron chi connectivity index (χ0n) is 16.5. The fourth-order valence-corrected chi connectivity index (χ4v) is 3.85. The summed E-state index contributed by atoms with van der Waals surface area (Å²) in [5, 5.41) is 17.4. The van der Waals surface area contributed by atoms with Gasteiger partial charge in [0, 0.05) is 43.5 Å². The van der Waals surface area contributed by atoms with Gasteiger partial charge in [0.2, 0.25) is 0 Å². The third kappa shape index (κ3) is 4.39. The molecule has 1 aromatic heterocycles. The SMILES string of the molecule is Cc1nn(C)c(C)c1CN(CCO)C(=O)c1cccc([C@H]2CCCNC2)c1. The van der Waals surface area contributed by atoms with Gasteiger partial charge in [0.05, 0.1) is 12.3 Å². The third-order valence-corrected chi connectivity index (χ3v) is 5.57. The van der Waals surface area contributed by atoms with Crippen LogP contribution in [0.25, 0.3) is 0 Å². The highest BCUT2D eigenvalue weighted by atomic mass is 16.3. The van der Waals surface area contributed by atoms with E-state index in [2.05, 4.69) is 16.5 Å². The molecule has 0 aliphatic carbocycles. The normalized spacial score (nSPS) is 17.1. The van der Waals surface area contributed by atoms with E-state index in [9.17, 15) is 9.90 Å². The standard InChI is InChI=1S/C21H30N4O2/c1-15-20(16(2)24(3)23-15)14-25(10-11-26)21(27)18-7-4-6-17(12-18)19-8-5-9-22-13-19/h4,6-7,12,19,22,26H,5,8-11,13-14H2,1-3H3/t19-/m0/s1. The van der Waals surface area contributed by atoms with Gasteiger partial charge < -0.3 is 15.3 Å². The van der Waals surface area contributed by atoms with E-state index in [4.69, 9.17) is 0 Å². The molecule has 2 aromatic rings. The number of carbonyl (C=O) groups is 1. The Morgan fingerprint density at radius 3 is 2.85 bits per heavy atom. The van der Waals surface area contributed by atoms with Gasteiger partial charge >= 0.3 is 0 Å². The number of rotatable bonds is 6. The lowest BCUT2D eigenvalue weighted by atomic mass is 9.90. The summed E-state index contributed by atoms with van der Waals surface area (Å²) in [6.07, 6.45) is 2.32. The first-order valence-electron chi connectivity index (χ1n) is 9.71. The maximum absolute atomic E-state index is 13.2. The number of nitrogens with one attached hydrogen (secondary N) is 1. The first-order valence-corrected chi connectivity index (χ1v) is 9.71. The van der Waals surface area contributed by atoms with Crippen LogP contribution in [0.1, 0.15) is 51.6 Å². The molecule has 0 saturated carbocycles. The van der Waals surface area contributed by atoms with E-state index < -0.39 is 0 Å². The van der Waals surface area contributed by atoms with Gasteiger partial charge in [-0.3, -0.25) is 9.48 Å². The number of amides is 1. The monoisotopic (exact) mass is 370 g/mol. The number of aliphatic hydroxyl groups is 1. The second kappa shape index (κ2) is 8.67. The first kappa shape index (κ1) is 19.6. The number of aryl methyl sites for hydroxylation is 2. The van der Waals surface area contributed by atoms with E-state index in [1.165, 1.54) is 12.0 Å². The lowest BCUT2D eigenvalue weighted by Crippen LogP contribution is -2.33. The molecule has 0 radical (unpaired) electrons. The summed E-state index contributed by atoms with van der Waals surface area (Å²) < 4.78 is 1.84. The Morgan fingerprint density at radius 1 is 1.41 bits per heavy atom. The molecule has 1 fully saturated rings. The Labute approximate surface area is 161 Å². The van der Waals surface area contributed by atoms with Crippen molar-refractivity contribution in [3.63, 3.8) is 0 Å². The molecule has 2 N–H and O–H groups in total. The summed E-state index contributed by atoms with van der Waals surface area (Å²) >= 11 is 0. The van der Waals surface area contributed by atoms with Gasteiger partial charge in [-0.25, -0.2) is 0 Å². The van der Waals surface area contributed by atoms with Crippen molar-refractivity contribution in [2.75, 3.05) is 26.2 Å². The molecule has 1 saturated heterocycles. The van der Waals surface area contributed by atoms with Crippen LogP contribution in [-0.2, 0) is 13.6 Å². The number of hydrogen-bond donors (Lipinski definition) is 2. The molecular formula is C21H30N4O2. The number of hydrogen-bond acceptors (Lipinski definition) is 4. The number of aromatic nitrogens is 2. The second-order valence-electron chi connectivity index (χ2n) is 7.39. The summed E-state index contributed by atoms with van der Waals surface area (Å²) in [5.41, 5.74) is 4.92. The van der Waals surface area contributed by atoms with Gasteiger partial charge in [0.1, 0.15) is 0 Å². The minimum Gasteiger partial charge on any atom is -0.395 e. The minimum absolute atomic E-state index is 0.0441. The highest BCUT2D eigenvalue weighted by molar-refractivity contribution is 5.94. The molecular weight excluding hydrogens is 340 g/mol. The lowest BCUT2D eigenvalue weighted by molar-refractivity contribution is 0.0707. The Hall–Kier alpha value is -2.18. The Morgan fingerprint density at radius 2 is 2.22 bits per heavy atom. The highest BCUT2D eigenvalue weighted by Crippen LogP contribution is 2.25. The average Bonchev–Trinajstić information content (AvgIpc) is 2.93. The smallest absolute Gasteiger partial charge is 0.254 e. The van der Waals surface area contributed by atoms with E-state index in [1.54, 1.807) is 4.90 Å². The molecule has 3 rings (SSSR count). The molecule has 1 aliphatic heterocycles. The van der Waals surface area contributed by atoms with Crippen LogP contribution in [0.4, 0.5) is 0 Å². The quantitative estimate of drug-likeness (QED) is 0.817. The van der Waals surface area contributed by atoms with Crippen LogP contribution in [0.5, 0.6) is 0 Å². The van der Waals surface area contributed by atoms with Crippen LogP contribution in [0.3, 0.4) is 0 Å². The van der Waals surface area contributed by atoms with Crippen molar-refractivity contribution >= 4 is 5.91 Å². The molecule has 0 bridgehead atoms. The predicted molar refractivity (Wildman–Crippen MR) is 106 cm³/mol. The van der Waals surface area contributed by atoms with Gasteiger partial charge in [-0.1, -0.05) is 12.1 Å². The summed E-state index contributed by atoms with van der Waals surface area (Å²) in [7, 11) is 1.91. The maximum Gasteiger partial charge on any atom is 0.254 e. The fraction of sp³-hybridized carbons (Fsp3) is 0.524. The molecule has 2 heterocycles. The van der Waals surface area contributed by atoms with Crippen molar-refractivity contribution in [2.24, 2.45) is 7.05 Å². The summed E-state index contributed by atoms with van der Waals surface area (Å²) in [6, 6.07) is 7.97. The van der Waals surface area contributed by atoms with Crippen LogP contribution >= 0.6 is 0 Å². The zero-order valence-corrected chi connectivity index (χ0v) is 16.5. The molecule has 1 amide bonds. The molecule has 27 heavy (non-hydrogen) atoms. The topological polar surface area (TPSA) is 70.4 Å². The number of benzene rings is 1. The van der Waals surface area contributed by atoms with E-state index in [0.29, 0.717) is 24.6 Å². The molecule has 1 atom stereocenters. The molecule has 1 aromatic carbocycles. The van der Waals surface area contributed by atoms with Gasteiger partial charge in [-0.2, -0.15) is 5.10 Å². The van der Waals surface area contributed by atoms with Gasteiger partial charge in [0.15, 0.2) is 0 Å². The fourth-order valence-electron chi connectivity index (χ4n) is 3.85.